The Morgan fingerprint density at radius 1 is 1.20 bits per heavy atom. The number of sulfonamides is 1. The van der Waals surface area contributed by atoms with Gasteiger partial charge in [0.15, 0.2) is 5.82 Å². The third-order valence-electron chi connectivity index (χ3n) is 5.23. The molecule has 30 heavy (non-hydrogen) atoms. The number of aromatic nitrogens is 4. The number of nitrogens with zero attached hydrogens (tertiary/aromatic N) is 3. The van der Waals surface area contributed by atoms with Crippen LogP contribution in [0.25, 0.3) is 5.82 Å². The van der Waals surface area contributed by atoms with Gasteiger partial charge in [-0.25, -0.2) is 22.8 Å². The van der Waals surface area contributed by atoms with E-state index in [2.05, 4.69) is 19.8 Å². The number of hydrogen-bond donors (Lipinski definition) is 2. The summed E-state index contributed by atoms with van der Waals surface area (Å²) in [4.78, 5) is 21.2. The van der Waals surface area contributed by atoms with Crippen LogP contribution in [0.15, 0.2) is 52.5 Å². The standard InChI is InChI=1S/C20H23N5O3S.ClH/c1-14-18(11-15-5-4-10-21-12-15)20(26)25(23-14)19-9-8-17(13-22-19)29(27,28)24-16-6-2-3-7-16;/h4-5,8-10,12-13,16,23-24H,2-3,6-7,11H2,1H3;1H. The molecule has 10 heteroatoms. The minimum absolute atomic E-state index is 0. The van der Waals surface area contributed by atoms with E-state index in [1.165, 1.54) is 23.0 Å². The average Bonchev–Trinajstić information content (AvgIpc) is 3.32. The topological polar surface area (TPSA) is 110 Å². The van der Waals surface area contributed by atoms with E-state index in [0.29, 0.717) is 17.8 Å². The Morgan fingerprint density at radius 3 is 2.60 bits per heavy atom. The molecule has 0 bridgehead atoms. The summed E-state index contributed by atoms with van der Waals surface area (Å²) in [7, 11) is -3.61. The van der Waals surface area contributed by atoms with Gasteiger partial charge >= 0.3 is 0 Å². The molecule has 4 rings (SSSR count). The Hall–Kier alpha value is -2.49. The van der Waals surface area contributed by atoms with E-state index in [9.17, 15) is 13.2 Å². The smallest absolute Gasteiger partial charge is 0.276 e. The largest absolute Gasteiger partial charge is 0.294 e. The molecule has 1 aliphatic rings. The molecule has 3 aromatic rings. The monoisotopic (exact) mass is 449 g/mol. The molecule has 0 radical (unpaired) electrons. The second kappa shape index (κ2) is 9.11. The lowest BCUT2D eigenvalue weighted by Gasteiger charge is -2.12. The number of nitrogens with one attached hydrogen (secondary N) is 2. The first-order chi connectivity index (χ1) is 13.9. The molecule has 1 saturated carbocycles. The summed E-state index contributed by atoms with van der Waals surface area (Å²) in [5.74, 6) is 0.343. The van der Waals surface area contributed by atoms with Crippen LogP contribution in [-0.4, -0.2) is 34.2 Å². The lowest BCUT2D eigenvalue weighted by molar-refractivity contribution is 0.552. The maximum absolute atomic E-state index is 12.8. The van der Waals surface area contributed by atoms with Gasteiger partial charge in [-0.2, -0.15) is 0 Å². The minimum Gasteiger partial charge on any atom is -0.294 e. The summed E-state index contributed by atoms with van der Waals surface area (Å²) in [5.41, 5.74) is 2.09. The van der Waals surface area contributed by atoms with Crippen LogP contribution in [0.2, 0.25) is 0 Å². The summed E-state index contributed by atoms with van der Waals surface area (Å²) in [6.45, 7) is 1.83. The lowest BCUT2D eigenvalue weighted by Crippen LogP contribution is -2.32. The van der Waals surface area contributed by atoms with Gasteiger partial charge in [0, 0.05) is 42.3 Å². The fourth-order valence-corrected chi connectivity index (χ4v) is 4.90. The number of halogens is 1. The minimum atomic E-state index is -3.61. The van der Waals surface area contributed by atoms with Gasteiger partial charge in [0.05, 0.1) is 0 Å². The van der Waals surface area contributed by atoms with Gasteiger partial charge in [0.1, 0.15) is 4.90 Å². The van der Waals surface area contributed by atoms with E-state index in [-0.39, 0.29) is 28.9 Å². The van der Waals surface area contributed by atoms with Crippen molar-refractivity contribution in [1.82, 2.24) is 24.5 Å². The van der Waals surface area contributed by atoms with Gasteiger partial charge in [-0.1, -0.05) is 18.9 Å². The molecule has 0 spiro atoms. The molecule has 0 saturated heterocycles. The van der Waals surface area contributed by atoms with Crippen molar-refractivity contribution in [3.05, 3.63) is 70.0 Å². The number of pyridine rings is 2. The Balaban J connectivity index is 0.00000256. The molecule has 0 unspecified atom stereocenters. The number of H-pyrrole nitrogens is 1. The van der Waals surface area contributed by atoms with Crippen LogP contribution in [0.3, 0.4) is 0 Å². The zero-order valence-electron chi connectivity index (χ0n) is 16.5. The Kier molecular flexibility index (Phi) is 6.74. The molecule has 3 heterocycles. The molecule has 160 valence electrons. The Morgan fingerprint density at radius 2 is 1.97 bits per heavy atom. The Bertz CT molecular complexity index is 1150. The van der Waals surface area contributed by atoms with Crippen LogP contribution >= 0.6 is 12.4 Å². The van der Waals surface area contributed by atoms with E-state index < -0.39 is 10.0 Å². The molecule has 1 aliphatic carbocycles. The maximum atomic E-state index is 12.8. The van der Waals surface area contributed by atoms with E-state index >= 15 is 0 Å². The van der Waals surface area contributed by atoms with Crippen molar-refractivity contribution < 1.29 is 8.42 Å². The van der Waals surface area contributed by atoms with Gasteiger partial charge in [-0.05, 0) is 43.5 Å². The van der Waals surface area contributed by atoms with Gasteiger partial charge in [0.25, 0.3) is 5.56 Å². The van der Waals surface area contributed by atoms with E-state index in [0.717, 1.165) is 36.9 Å². The number of aromatic amines is 1. The molecule has 0 amide bonds. The molecule has 1 fully saturated rings. The summed E-state index contributed by atoms with van der Waals surface area (Å²) < 4.78 is 29.1. The molecule has 0 aliphatic heterocycles. The third kappa shape index (κ3) is 4.63. The highest BCUT2D eigenvalue weighted by Gasteiger charge is 2.23. The van der Waals surface area contributed by atoms with Crippen molar-refractivity contribution in [3.63, 3.8) is 0 Å². The highest BCUT2D eigenvalue weighted by Crippen LogP contribution is 2.20. The molecular weight excluding hydrogens is 426 g/mol. The van der Waals surface area contributed by atoms with Crippen molar-refractivity contribution in [1.29, 1.82) is 0 Å². The number of hydrogen-bond acceptors (Lipinski definition) is 5. The fourth-order valence-electron chi connectivity index (χ4n) is 3.65. The summed E-state index contributed by atoms with van der Waals surface area (Å²) >= 11 is 0. The molecule has 0 atom stereocenters. The zero-order valence-corrected chi connectivity index (χ0v) is 18.2. The van der Waals surface area contributed by atoms with Crippen molar-refractivity contribution in [2.75, 3.05) is 0 Å². The first-order valence-corrected chi connectivity index (χ1v) is 11.1. The normalized spacial score (nSPS) is 14.6. The Labute approximate surface area is 181 Å². The average molecular weight is 450 g/mol. The second-order valence-corrected chi connectivity index (χ2v) is 9.06. The van der Waals surface area contributed by atoms with Crippen LogP contribution in [0.1, 0.15) is 42.5 Å². The second-order valence-electron chi connectivity index (χ2n) is 7.35. The molecule has 8 nitrogen and oxygen atoms in total. The highest BCUT2D eigenvalue weighted by atomic mass is 35.5. The summed E-state index contributed by atoms with van der Waals surface area (Å²) in [6, 6.07) is 6.75. The van der Waals surface area contributed by atoms with E-state index in [4.69, 9.17) is 0 Å². The van der Waals surface area contributed by atoms with Gasteiger partial charge < -0.3 is 0 Å². The van der Waals surface area contributed by atoms with E-state index in [1.54, 1.807) is 12.4 Å². The number of rotatable bonds is 6. The van der Waals surface area contributed by atoms with Crippen LogP contribution in [0, 0.1) is 6.92 Å². The van der Waals surface area contributed by atoms with Crippen molar-refractivity contribution >= 4 is 22.4 Å². The van der Waals surface area contributed by atoms with Crippen LogP contribution in [0.4, 0.5) is 0 Å². The third-order valence-corrected chi connectivity index (χ3v) is 6.74. The first-order valence-electron chi connectivity index (χ1n) is 9.62. The van der Waals surface area contributed by atoms with Crippen molar-refractivity contribution in [2.24, 2.45) is 0 Å². The van der Waals surface area contributed by atoms with Crippen molar-refractivity contribution in [2.45, 2.75) is 50.0 Å². The van der Waals surface area contributed by atoms with Gasteiger partial charge in [0.2, 0.25) is 10.0 Å². The molecule has 2 N–H and O–H groups in total. The summed E-state index contributed by atoms with van der Waals surface area (Å²) in [6.07, 6.45) is 8.97. The molecule has 3 aromatic heterocycles. The van der Waals surface area contributed by atoms with E-state index in [1.807, 2.05) is 19.1 Å². The van der Waals surface area contributed by atoms with Crippen LogP contribution in [-0.2, 0) is 16.4 Å². The zero-order chi connectivity index (χ0) is 20.4. The van der Waals surface area contributed by atoms with Gasteiger partial charge in [-0.15, -0.1) is 12.4 Å². The maximum Gasteiger partial charge on any atom is 0.276 e. The quantitative estimate of drug-likeness (QED) is 0.600. The highest BCUT2D eigenvalue weighted by molar-refractivity contribution is 7.89. The van der Waals surface area contributed by atoms with Gasteiger partial charge in [-0.3, -0.25) is 14.9 Å². The summed E-state index contributed by atoms with van der Waals surface area (Å²) in [5, 5.41) is 3.02. The predicted octanol–water partition coefficient (Wildman–Crippen LogP) is 2.50. The number of aryl methyl sites for hydroxylation is 1. The fraction of sp³-hybridized carbons (Fsp3) is 0.350. The van der Waals surface area contributed by atoms with Crippen LogP contribution < -0.4 is 10.3 Å². The lowest BCUT2D eigenvalue weighted by atomic mass is 10.1. The molecule has 0 aromatic carbocycles. The predicted molar refractivity (Wildman–Crippen MR) is 116 cm³/mol. The van der Waals surface area contributed by atoms with Crippen LogP contribution in [0.5, 0.6) is 0 Å². The molecular formula is C20H24ClN5O3S. The first kappa shape index (κ1) is 22.2. The SMILES string of the molecule is Cc1[nH]n(-c2ccc(S(=O)(=O)NC3CCCC3)cn2)c(=O)c1Cc1cccnc1.Cl. The van der Waals surface area contributed by atoms with Crippen molar-refractivity contribution in [3.8, 4) is 5.82 Å².